The van der Waals surface area contributed by atoms with E-state index in [1.54, 1.807) is 4.90 Å². The molecule has 15 heavy (non-hydrogen) atoms. The van der Waals surface area contributed by atoms with E-state index in [2.05, 4.69) is 5.32 Å². The molecule has 0 aromatic rings. The van der Waals surface area contributed by atoms with Crippen molar-refractivity contribution in [2.75, 3.05) is 20.1 Å². The van der Waals surface area contributed by atoms with Crippen LogP contribution in [0, 0.1) is 11.8 Å². The number of nitrogens with zero attached hydrogens (tertiary/aromatic N) is 1. The van der Waals surface area contributed by atoms with Crippen molar-refractivity contribution in [2.24, 2.45) is 11.8 Å². The molecule has 1 N–H and O–H groups in total. The van der Waals surface area contributed by atoms with E-state index in [-0.39, 0.29) is 11.8 Å². The van der Waals surface area contributed by atoms with Crippen LogP contribution >= 0.6 is 0 Å². The quantitative estimate of drug-likeness (QED) is 0.680. The van der Waals surface area contributed by atoms with Gasteiger partial charge in [0.05, 0.1) is 0 Å². The minimum absolute atomic E-state index is 0.151. The number of carbonyl (C=O) groups excluding carboxylic acids is 2. The summed E-state index contributed by atoms with van der Waals surface area (Å²) in [4.78, 5) is 24.6. The summed E-state index contributed by atoms with van der Waals surface area (Å²) in [6.45, 7) is 1.63. The molecule has 2 atom stereocenters. The van der Waals surface area contributed by atoms with Crippen LogP contribution in [0.4, 0.5) is 0 Å². The van der Waals surface area contributed by atoms with Crippen LogP contribution in [-0.4, -0.2) is 36.9 Å². The highest BCUT2D eigenvalue weighted by molar-refractivity contribution is 5.78. The third kappa shape index (κ3) is 2.30. The number of likely N-dealkylation sites (tertiary alicyclic amines) is 1. The molecule has 0 spiro atoms. The predicted molar refractivity (Wildman–Crippen MR) is 56.1 cm³/mol. The Hall–Kier alpha value is -1.06. The molecule has 2 heterocycles. The average Bonchev–Trinajstić information content (AvgIpc) is 2.22. The van der Waals surface area contributed by atoms with Gasteiger partial charge in [-0.05, 0) is 24.7 Å². The highest BCUT2D eigenvalue weighted by Gasteiger charge is 2.32. The van der Waals surface area contributed by atoms with Crippen LogP contribution in [0.1, 0.15) is 25.7 Å². The number of nitrogens with one attached hydrogen (secondary N) is 1. The summed E-state index contributed by atoms with van der Waals surface area (Å²) >= 11 is 0. The van der Waals surface area contributed by atoms with Crippen LogP contribution < -0.4 is 5.32 Å². The second-order valence-corrected chi connectivity index (χ2v) is 4.67. The van der Waals surface area contributed by atoms with E-state index in [1.165, 1.54) is 0 Å². The monoisotopic (exact) mass is 210 g/mol. The van der Waals surface area contributed by atoms with E-state index < -0.39 is 0 Å². The van der Waals surface area contributed by atoms with Gasteiger partial charge in [0.15, 0.2) is 0 Å². The number of piperidine rings is 2. The third-order valence-electron chi connectivity index (χ3n) is 3.65. The highest BCUT2D eigenvalue weighted by atomic mass is 16.2. The first-order valence-corrected chi connectivity index (χ1v) is 5.67. The molecule has 4 nitrogen and oxygen atoms in total. The van der Waals surface area contributed by atoms with Crippen molar-refractivity contribution in [1.29, 1.82) is 0 Å². The minimum Gasteiger partial charge on any atom is -0.356 e. The van der Waals surface area contributed by atoms with Crippen LogP contribution in [-0.2, 0) is 9.59 Å². The van der Waals surface area contributed by atoms with Crippen LogP contribution in [0.3, 0.4) is 0 Å². The van der Waals surface area contributed by atoms with Crippen molar-refractivity contribution < 1.29 is 9.59 Å². The van der Waals surface area contributed by atoms with Crippen LogP contribution in [0.5, 0.6) is 0 Å². The maximum absolute atomic E-state index is 11.6. The smallest absolute Gasteiger partial charge is 0.222 e. The molecule has 2 aliphatic heterocycles. The van der Waals surface area contributed by atoms with Gasteiger partial charge >= 0.3 is 0 Å². The number of amides is 2. The third-order valence-corrected chi connectivity index (χ3v) is 3.65. The SMILES string of the molecule is CN1CCC(C2CCNC(=O)C2)CC1=O. The standard InChI is InChI=1S/C11H18N2O2/c1-13-5-3-9(7-11(13)15)8-2-4-12-10(14)6-8/h8-9H,2-7H2,1H3,(H,12,14). The van der Waals surface area contributed by atoms with Gasteiger partial charge < -0.3 is 10.2 Å². The van der Waals surface area contributed by atoms with Crippen molar-refractivity contribution in [1.82, 2.24) is 10.2 Å². The van der Waals surface area contributed by atoms with E-state index in [0.29, 0.717) is 24.7 Å². The highest BCUT2D eigenvalue weighted by Crippen LogP contribution is 2.31. The van der Waals surface area contributed by atoms with Gasteiger partial charge in [-0.1, -0.05) is 0 Å². The van der Waals surface area contributed by atoms with Gasteiger partial charge in [0.1, 0.15) is 0 Å². The van der Waals surface area contributed by atoms with Crippen LogP contribution in [0.25, 0.3) is 0 Å². The Morgan fingerprint density at radius 3 is 2.60 bits per heavy atom. The lowest BCUT2D eigenvalue weighted by Gasteiger charge is -2.35. The fraction of sp³-hybridized carbons (Fsp3) is 0.818. The number of carbonyl (C=O) groups is 2. The Morgan fingerprint density at radius 2 is 1.93 bits per heavy atom. The molecule has 0 radical (unpaired) electrons. The molecule has 2 fully saturated rings. The second-order valence-electron chi connectivity index (χ2n) is 4.67. The lowest BCUT2D eigenvalue weighted by Crippen LogP contribution is -2.42. The first-order chi connectivity index (χ1) is 7.16. The largest absolute Gasteiger partial charge is 0.356 e. The molecular formula is C11H18N2O2. The van der Waals surface area contributed by atoms with Gasteiger partial charge in [-0.15, -0.1) is 0 Å². The zero-order valence-electron chi connectivity index (χ0n) is 9.16. The molecular weight excluding hydrogens is 192 g/mol. The molecule has 0 bridgehead atoms. The van der Waals surface area contributed by atoms with Crippen molar-refractivity contribution >= 4 is 11.8 Å². The summed E-state index contributed by atoms with van der Waals surface area (Å²) in [5, 5.41) is 2.84. The normalized spacial score (nSPS) is 32.7. The zero-order chi connectivity index (χ0) is 10.8. The van der Waals surface area contributed by atoms with Crippen molar-refractivity contribution in [3.8, 4) is 0 Å². The maximum atomic E-state index is 11.6. The summed E-state index contributed by atoms with van der Waals surface area (Å²) in [6, 6.07) is 0. The minimum atomic E-state index is 0.151. The second kappa shape index (κ2) is 4.21. The van der Waals surface area contributed by atoms with Gasteiger partial charge in [-0.3, -0.25) is 9.59 Å². The molecule has 0 aromatic heterocycles. The average molecular weight is 210 g/mol. The van der Waals surface area contributed by atoms with E-state index in [1.807, 2.05) is 7.05 Å². The van der Waals surface area contributed by atoms with Gasteiger partial charge in [0, 0.05) is 33.0 Å². The first kappa shape index (κ1) is 10.5. The lowest BCUT2D eigenvalue weighted by atomic mass is 9.79. The van der Waals surface area contributed by atoms with E-state index in [0.717, 1.165) is 25.9 Å². The van der Waals surface area contributed by atoms with Gasteiger partial charge in [-0.25, -0.2) is 0 Å². The Balaban J connectivity index is 1.93. The van der Waals surface area contributed by atoms with Crippen molar-refractivity contribution in [3.05, 3.63) is 0 Å². The molecule has 0 saturated carbocycles. The molecule has 2 aliphatic rings. The van der Waals surface area contributed by atoms with E-state index >= 15 is 0 Å². The summed E-state index contributed by atoms with van der Waals surface area (Å²) in [5.74, 6) is 1.24. The van der Waals surface area contributed by atoms with Crippen molar-refractivity contribution in [3.63, 3.8) is 0 Å². The molecule has 2 unspecified atom stereocenters. The van der Waals surface area contributed by atoms with Gasteiger partial charge in [-0.2, -0.15) is 0 Å². The maximum Gasteiger partial charge on any atom is 0.222 e. The molecule has 2 saturated heterocycles. The molecule has 0 aromatic carbocycles. The summed E-state index contributed by atoms with van der Waals surface area (Å²) in [6.07, 6.45) is 3.34. The van der Waals surface area contributed by atoms with Gasteiger partial charge in [0.25, 0.3) is 0 Å². The molecule has 4 heteroatoms. The topological polar surface area (TPSA) is 49.4 Å². The summed E-state index contributed by atoms with van der Waals surface area (Å²) < 4.78 is 0. The predicted octanol–water partition coefficient (Wildman–Crippen LogP) is 0.381. The number of hydrogen-bond donors (Lipinski definition) is 1. The molecule has 0 aliphatic carbocycles. The van der Waals surface area contributed by atoms with E-state index in [4.69, 9.17) is 0 Å². The fourth-order valence-corrected chi connectivity index (χ4v) is 2.58. The zero-order valence-corrected chi connectivity index (χ0v) is 9.16. The van der Waals surface area contributed by atoms with Crippen molar-refractivity contribution in [2.45, 2.75) is 25.7 Å². The van der Waals surface area contributed by atoms with Gasteiger partial charge in [0.2, 0.25) is 11.8 Å². The summed E-state index contributed by atoms with van der Waals surface area (Å²) in [5.41, 5.74) is 0. The Kier molecular flexibility index (Phi) is 2.93. The number of rotatable bonds is 1. The number of hydrogen-bond acceptors (Lipinski definition) is 2. The Bertz CT molecular complexity index is 278. The molecule has 2 rings (SSSR count). The Morgan fingerprint density at radius 1 is 1.20 bits per heavy atom. The van der Waals surface area contributed by atoms with E-state index in [9.17, 15) is 9.59 Å². The summed E-state index contributed by atoms with van der Waals surface area (Å²) in [7, 11) is 1.85. The molecule has 84 valence electrons. The Labute approximate surface area is 90.0 Å². The van der Waals surface area contributed by atoms with Crippen LogP contribution in [0.15, 0.2) is 0 Å². The fourth-order valence-electron chi connectivity index (χ4n) is 2.58. The lowest BCUT2D eigenvalue weighted by molar-refractivity contribution is -0.135. The first-order valence-electron chi connectivity index (χ1n) is 5.67. The van der Waals surface area contributed by atoms with Crippen LogP contribution in [0.2, 0.25) is 0 Å². The molecule has 2 amide bonds.